The number of nitrogens with two attached hydrogens (primary N) is 1. The van der Waals surface area contributed by atoms with Gasteiger partial charge in [-0.25, -0.2) is 0 Å². The first-order valence-electron chi connectivity index (χ1n) is 9.97. The van der Waals surface area contributed by atoms with E-state index in [1.54, 1.807) is 0 Å². The van der Waals surface area contributed by atoms with Gasteiger partial charge in [0.05, 0.1) is 12.6 Å². The molecule has 0 aliphatic carbocycles. The van der Waals surface area contributed by atoms with E-state index in [2.05, 4.69) is 34.2 Å². The lowest BCUT2D eigenvalue weighted by Crippen LogP contribution is -2.50. The Morgan fingerprint density at radius 3 is 2.41 bits per heavy atom. The number of nitrogens with zero attached hydrogens (tertiary/aromatic N) is 3. The number of rotatable bonds is 6. The first kappa shape index (κ1) is 19.6. The van der Waals surface area contributed by atoms with Crippen molar-refractivity contribution in [2.75, 3.05) is 56.0 Å². The number of piperazine rings is 1. The lowest BCUT2D eigenvalue weighted by Gasteiger charge is -2.35. The number of benzene rings is 1. The van der Waals surface area contributed by atoms with Gasteiger partial charge in [0, 0.05) is 37.6 Å². The first-order valence-corrected chi connectivity index (χ1v) is 9.97. The van der Waals surface area contributed by atoms with Crippen molar-refractivity contribution in [2.24, 2.45) is 5.73 Å². The van der Waals surface area contributed by atoms with E-state index in [9.17, 15) is 9.59 Å². The number of piperidine rings is 1. The van der Waals surface area contributed by atoms with Gasteiger partial charge in [-0.2, -0.15) is 0 Å². The van der Waals surface area contributed by atoms with Crippen LogP contribution in [0.2, 0.25) is 0 Å². The second-order valence-electron chi connectivity index (χ2n) is 7.40. The van der Waals surface area contributed by atoms with Gasteiger partial charge in [0.25, 0.3) is 0 Å². The van der Waals surface area contributed by atoms with Crippen molar-refractivity contribution in [3.8, 4) is 0 Å². The largest absolute Gasteiger partial charge is 0.369 e. The molecule has 0 aromatic heterocycles. The van der Waals surface area contributed by atoms with Crippen LogP contribution in [-0.4, -0.2) is 73.5 Å². The third kappa shape index (κ3) is 5.20. The summed E-state index contributed by atoms with van der Waals surface area (Å²) in [6.07, 6.45) is 2.72. The van der Waals surface area contributed by atoms with Crippen molar-refractivity contribution in [3.63, 3.8) is 0 Å². The summed E-state index contributed by atoms with van der Waals surface area (Å²) in [5, 5.41) is 2.94. The Hall–Kier alpha value is -2.12. The van der Waals surface area contributed by atoms with Crippen LogP contribution in [0, 0.1) is 0 Å². The third-order valence-corrected chi connectivity index (χ3v) is 5.62. The zero-order valence-corrected chi connectivity index (χ0v) is 16.2. The van der Waals surface area contributed by atoms with Crippen molar-refractivity contribution in [3.05, 3.63) is 24.3 Å². The molecule has 7 heteroatoms. The van der Waals surface area contributed by atoms with Gasteiger partial charge in [-0.3, -0.25) is 14.5 Å². The van der Waals surface area contributed by atoms with Gasteiger partial charge < -0.3 is 20.9 Å². The molecule has 7 nitrogen and oxygen atoms in total. The average molecular weight is 374 g/mol. The number of amides is 2. The molecule has 2 aliphatic heterocycles. The zero-order valence-electron chi connectivity index (χ0n) is 16.2. The number of anilines is 2. The molecule has 1 aromatic carbocycles. The lowest BCUT2D eigenvalue weighted by molar-refractivity contribution is -0.126. The zero-order chi connectivity index (χ0) is 19.2. The van der Waals surface area contributed by atoms with E-state index < -0.39 is 0 Å². The Morgan fingerprint density at radius 1 is 1.07 bits per heavy atom. The van der Waals surface area contributed by atoms with Crippen LogP contribution in [0.3, 0.4) is 0 Å². The Kier molecular flexibility index (Phi) is 6.68. The van der Waals surface area contributed by atoms with E-state index in [0.717, 1.165) is 64.2 Å². The van der Waals surface area contributed by atoms with Crippen LogP contribution >= 0.6 is 0 Å². The quantitative estimate of drug-likeness (QED) is 0.781. The number of carbonyl (C=O) groups is 2. The van der Waals surface area contributed by atoms with Gasteiger partial charge >= 0.3 is 0 Å². The minimum Gasteiger partial charge on any atom is -0.369 e. The Bertz CT molecular complexity index is 640. The highest BCUT2D eigenvalue weighted by atomic mass is 16.2. The number of primary amides is 1. The molecular formula is C20H31N5O2. The second kappa shape index (κ2) is 9.19. The molecule has 3 rings (SSSR count). The van der Waals surface area contributed by atoms with Crippen LogP contribution in [0.25, 0.3) is 0 Å². The van der Waals surface area contributed by atoms with Crippen LogP contribution in [0.1, 0.15) is 26.2 Å². The standard InChI is InChI=1S/C20H31N5O2/c1-2-23-11-13-24(14-12-23)17-8-6-16(7-9-17)22-19(26)15-25-10-4-3-5-18(25)20(21)27/h6-9,18H,2-5,10-15H2,1H3,(H2,21,27)(H,22,26)/t18-/m0/s1. The number of carbonyl (C=O) groups excluding carboxylic acids is 2. The Labute approximate surface area is 161 Å². The minimum absolute atomic E-state index is 0.104. The smallest absolute Gasteiger partial charge is 0.238 e. The summed E-state index contributed by atoms with van der Waals surface area (Å²) in [7, 11) is 0. The molecule has 0 radical (unpaired) electrons. The molecule has 1 aromatic rings. The maximum absolute atomic E-state index is 12.4. The topological polar surface area (TPSA) is 81.9 Å². The maximum Gasteiger partial charge on any atom is 0.238 e. The summed E-state index contributed by atoms with van der Waals surface area (Å²) < 4.78 is 0. The van der Waals surface area contributed by atoms with Crippen LogP contribution in [0.4, 0.5) is 11.4 Å². The molecule has 27 heavy (non-hydrogen) atoms. The SMILES string of the molecule is CCN1CCN(c2ccc(NC(=O)CN3CCCC[C@H]3C(N)=O)cc2)CC1. The number of likely N-dealkylation sites (N-methyl/N-ethyl adjacent to an activating group) is 1. The fourth-order valence-corrected chi connectivity index (χ4v) is 3.97. The predicted molar refractivity (Wildman–Crippen MR) is 108 cm³/mol. The molecule has 0 bridgehead atoms. The minimum atomic E-state index is -0.338. The van der Waals surface area contributed by atoms with Gasteiger partial charge in [-0.15, -0.1) is 0 Å². The van der Waals surface area contributed by atoms with Crippen molar-refractivity contribution >= 4 is 23.2 Å². The van der Waals surface area contributed by atoms with E-state index >= 15 is 0 Å². The van der Waals surface area contributed by atoms with Gasteiger partial charge in [-0.05, 0) is 50.2 Å². The molecule has 2 fully saturated rings. The Balaban J connectivity index is 1.52. The van der Waals surface area contributed by atoms with Crippen molar-refractivity contribution in [1.29, 1.82) is 0 Å². The lowest BCUT2D eigenvalue weighted by atomic mass is 10.0. The van der Waals surface area contributed by atoms with Crippen LogP contribution in [0.5, 0.6) is 0 Å². The van der Waals surface area contributed by atoms with Crippen LogP contribution in [0.15, 0.2) is 24.3 Å². The summed E-state index contributed by atoms with van der Waals surface area (Å²) >= 11 is 0. The third-order valence-electron chi connectivity index (χ3n) is 5.62. The van der Waals surface area contributed by atoms with Crippen molar-refractivity contribution < 1.29 is 9.59 Å². The van der Waals surface area contributed by atoms with E-state index in [0.29, 0.717) is 0 Å². The van der Waals surface area contributed by atoms with Crippen molar-refractivity contribution in [2.45, 2.75) is 32.2 Å². The predicted octanol–water partition coefficient (Wildman–Crippen LogP) is 1.11. The summed E-state index contributed by atoms with van der Waals surface area (Å²) in [5.74, 6) is -0.442. The molecular weight excluding hydrogens is 342 g/mol. The Morgan fingerprint density at radius 2 is 1.78 bits per heavy atom. The number of likely N-dealkylation sites (tertiary alicyclic amines) is 1. The van der Waals surface area contributed by atoms with Gasteiger partial charge in [-0.1, -0.05) is 13.3 Å². The van der Waals surface area contributed by atoms with Crippen LogP contribution in [-0.2, 0) is 9.59 Å². The van der Waals surface area contributed by atoms with Gasteiger partial charge in [0.1, 0.15) is 0 Å². The average Bonchev–Trinajstić information content (AvgIpc) is 2.69. The van der Waals surface area contributed by atoms with E-state index in [1.165, 1.54) is 5.69 Å². The van der Waals surface area contributed by atoms with Gasteiger partial charge in [0.2, 0.25) is 11.8 Å². The second-order valence-corrected chi connectivity index (χ2v) is 7.40. The van der Waals surface area contributed by atoms with E-state index in [4.69, 9.17) is 5.73 Å². The molecule has 1 atom stereocenters. The van der Waals surface area contributed by atoms with Crippen LogP contribution < -0.4 is 16.0 Å². The highest BCUT2D eigenvalue weighted by Crippen LogP contribution is 2.20. The van der Waals surface area contributed by atoms with E-state index in [1.807, 2.05) is 17.0 Å². The number of hydrogen-bond donors (Lipinski definition) is 2. The molecule has 2 aliphatic rings. The summed E-state index contributed by atoms with van der Waals surface area (Å²) in [6.45, 7) is 8.48. The molecule has 0 unspecified atom stereocenters. The molecule has 148 valence electrons. The molecule has 0 spiro atoms. The normalized spacial score (nSPS) is 21.8. The molecule has 2 amide bonds. The van der Waals surface area contributed by atoms with Gasteiger partial charge in [0.15, 0.2) is 0 Å². The fraction of sp³-hybridized carbons (Fsp3) is 0.600. The number of nitrogens with one attached hydrogen (secondary N) is 1. The maximum atomic E-state index is 12.4. The summed E-state index contributed by atoms with van der Waals surface area (Å²) in [5.41, 5.74) is 7.44. The molecule has 2 saturated heterocycles. The summed E-state index contributed by atoms with van der Waals surface area (Å²) in [4.78, 5) is 30.7. The highest BCUT2D eigenvalue weighted by molar-refractivity contribution is 5.93. The molecule has 3 N–H and O–H groups in total. The molecule has 0 saturated carbocycles. The molecule has 2 heterocycles. The van der Waals surface area contributed by atoms with Crippen molar-refractivity contribution in [1.82, 2.24) is 9.80 Å². The highest BCUT2D eigenvalue weighted by Gasteiger charge is 2.28. The summed E-state index contributed by atoms with van der Waals surface area (Å²) in [6, 6.07) is 7.69. The fourth-order valence-electron chi connectivity index (χ4n) is 3.97. The number of hydrogen-bond acceptors (Lipinski definition) is 5. The van der Waals surface area contributed by atoms with E-state index in [-0.39, 0.29) is 24.4 Å². The monoisotopic (exact) mass is 373 g/mol. The first-order chi connectivity index (χ1) is 13.1.